The second-order valence-corrected chi connectivity index (χ2v) is 5.33. The minimum absolute atomic E-state index is 0.468. The molecule has 0 fully saturated rings. The van der Waals surface area contributed by atoms with E-state index in [1.165, 1.54) is 21.3 Å². The zero-order chi connectivity index (χ0) is 18.4. The Hall–Kier alpha value is -2.73. The Labute approximate surface area is 146 Å². The molecule has 6 heteroatoms. The highest BCUT2D eigenvalue weighted by Crippen LogP contribution is 2.37. The average Bonchev–Trinajstić information content (AvgIpc) is 2.67. The van der Waals surface area contributed by atoms with Gasteiger partial charge in [-0.25, -0.2) is 0 Å². The summed E-state index contributed by atoms with van der Waals surface area (Å²) in [6, 6.07) is 11.9. The van der Waals surface area contributed by atoms with Crippen molar-refractivity contribution in [3.63, 3.8) is 0 Å². The molecular formula is C19H22O6. The molecule has 25 heavy (non-hydrogen) atoms. The monoisotopic (exact) mass is 346 g/mol. The van der Waals surface area contributed by atoms with Gasteiger partial charge in [-0.05, 0) is 35.4 Å². The van der Waals surface area contributed by atoms with Crippen LogP contribution in [0.5, 0.6) is 17.2 Å². The van der Waals surface area contributed by atoms with Crippen molar-refractivity contribution >= 4 is 5.97 Å². The highest BCUT2D eigenvalue weighted by molar-refractivity contribution is 5.79. The molecule has 134 valence electrons. The van der Waals surface area contributed by atoms with E-state index in [4.69, 9.17) is 18.9 Å². The lowest BCUT2D eigenvalue weighted by atomic mass is 9.89. The molecule has 0 radical (unpaired) electrons. The van der Waals surface area contributed by atoms with E-state index in [9.17, 15) is 9.90 Å². The number of rotatable bonds is 7. The summed E-state index contributed by atoms with van der Waals surface area (Å²) in [7, 11) is 5.89. The van der Waals surface area contributed by atoms with Crippen LogP contribution in [0.25, 0.3) is 0 Å². The summed E-state index contributed by atoms with van der Waals surface area (Å²) in [6.07, 6.45) is -1.09. The lowest BCUT2D eigenvalue weighted by molar-refractivity contribution is -0.145. The van der Waals surface area contributed by atoms with Crippen LogP contribution in [0, 0.1) is 0 Å². The Morgan fingerprint density at radius 1 is 0.840 bits per heavy atom. The first kappa shape index (κ1) is 18.6. The van der Waals surface area contributed by atoms with Crippen molar-refractivity contribution < 1.29 is 28.8 Å². The van der Waals surface area contributed by atoms with E-state index in [-0.39, 0.29) is 0 Å². The number of esters is 1. The summed E-state index contributed by atoms with van der Waals surface area (Å²) in [4.78, 5) is 12.3. The smallest absolute Gasteiger partial charge is 0.316 e. The molecule has 0 saturated heterocycles. The first-order valence-electron chi connectivity index (χ1n) is 7.67. The van der Waals surface area contributed by atoms with Gasteiger partial charge in [0, 0.05) is 0 Å². The number of ether oxygens (including phenoxy) is 4. The fourth-order valence-electron chi connectivity index (χ4n) is 2.61. The summed E-state index contributed by atoms with van der Waals surface area (Å²) >= 11 is 0. The molecule has 0 amide bonds. The standard InChI is InChI=1S/C19H22O6/c1-22-14-8-5-12(6-9-14)18(20)17(19(21)25-4)13-7-10-15(23-2)16(11-13)24-3/h5-11,17-18,20H,1-4H3/t17-,18+/m0/s1. The van der Waals surface area contributed by atoms with Crippen LogP contribution in [0.15, 0.2) is 42.5 Å². The van der Waals surface area contributed by atoms with Gasteiger partial charge in [-0.1, -0.05) is 18.2 Å². The van der Waals surface area contributed by atoms with Gasteiger partial charge in [-0.3, -0.25) is 4.79 Å². The molecule has 2 atom stereocenters. The van der Waals surface area contributed by atoms with Gasteiger partial charge < -0.3 is 24.1 Å². The van der Waals surface area contributed by atoms with Gasteiger partial charge in [0.25, 0.3) is 0 Å². The Balaban J connectivity index is 2.43. The largest absolute Gasteiger partial charge is 0.497 e. The zero-order valence-corrected chi connectivity index (χ0v) is 14.7. The third-order valence-electron chi connectivity index (χ3n) is 3.99. The molecule has 2 aromatic rings. The summed E-state index contributed by atoms with van der Waals surface area (Å²) < 4.78 is 20.5. The Kier molecular flexibility index (Phi) is 6.25. The van der Waals surface area contributed by atoms with Crippen LogP contribution in [0.1, 0.15) is 23.1 Å². The molecule has 1 N–H and O–H groups in total. The van der Waals surface area contributed by atoms with E-state index in [2.05, 4.69) is 0 Å². The number of benzene rings is 2. The number of carbonyl (C=O) groups excluding carboxylic acids is 1. The normalized spacial score (nSPS) is 12.8. The van der Waals surface area contributed by atoms with Gasteiger partial charge in [0.05, 0.1) is 34.5 Å². The Bertz CT molecular complexity index is 710. The van der Waals surface area contributed by atoms with Crippen LogP contribution in [-0.2, 0) is 9.53 Å². The van der Waals surface area contributed by atoms with E-state index in [1.807, 2.05) is 0 Å². The predicted molar refractivity (Wildman–Crippen MR) is 92.3 cm³/mol. The second-order valence-electron chi connectivity index (χ2n) is 5.33. The van der Waals surface area contributed by atoms with Crippen molar-refractivity contribution in [1.82, 2.24) is 0 Å². The van der Waals surface area contributed by atoms with Crippen LogP contribution in [0.2, 0.25) is 0 Å². The number of hydrogen-bond donors (Lipinski definition) is 1. The molecule has 0 bridgehead atoms. The number of aliphatic hydroxyl groups is 1. The van der Waals surface area contributed by atoms with Gasteiger partial charge in [0.15, 0.2) is 11.5 Å². The summed E-state index contributed by atoms with van der Waals surface area (Å²) in [5.74, 6) is 0.218. The molecule has 2 rings (SSSR count). The maximum Gasteiger partial charge on any atom is 0.316 e. The molecule has 0 aliphatic carbocycles. The molecule has 0 aliphatic rings. The highest BCUT2D eigenvalue weighted by Gasteiger charge is 2.31. The number of methoxy groups -OCH3 is 4. The summed E-state index contributed by atoms with van der Waals surface area (Å²) in [6.45, 7) is 0. The SMILES string of the molecule is COC(=O)[C@@H](c1ccc(OC)c(OC)c1)[C@H](O)c1ccc(OC)cc1. The van der Waals surface area contributed by atoms with Crippen LogP contribution >= 0.6 is 0 Å². The third-order valence-corrected chi connectivity index (χ3v) is 3.99. The minimum Gasteiger partial charge on any atom is -0.497 e. The van der Waals surface area contributed by atoms with Crippen LogP contribution in [0.4, 0.5) is 0 Å². The van der Waals surface area contributed by atoms with Crippen molar-refractivity contribution in [1.29, 1.82) is 0 Å². The van der Waals surface area contributed by atoms with Gasteiger partial charge >= 0.3 is 5.97 Å². The Morgan fingerprint density at radius 3 is 1.96 bits per heavy atom. The van der Waals surface area contributed by atoms with Crippen molar-refractivity contribution in [3.8, 4) is 17.2 Å². The van der Waals surface area contributed by atoms with Crippen molar-refractivity contribution in [2.75, 3.05) is 28.4 Å². The van der Waals surface area contributed by atoms with Crippen molar-refractivity contribution in [2.24, 2.45) is 0 Å². The zero-order valence-electron chi connectivity index (χ0n) is 14.7. The molecule has 0 aliphatic heterocycles. The van der Waals surface area contributed by atoms with E-state index in [0.29, 0.717) is 28.4 Å². The quantitative estimate of drug-likeness (QED) is 0.777. The summed E-state index contributed by atoms with van der Waals surface area (Å²) in [5.41, 5.74) is 1.14. The van der Waals surface area contributed by atoms with E-state index >= 15 is 0 Å². The number of carbonyl (C=O) groups is 1. The molecule has 0 unspecified atom stereocenters. The molecular weight excluding hydrogens is 324 g/mol. The van der Waals surface area contributed by atoms with Crippen molar-refractivity contribution in [2.45, 2.75) is 12.0 Å². The van der Waals surface area contributed by atoms with Gasteiger partial charge in [-0.15, -0.1) is 0 Å². The summed E-state index contributed by atoms with van der Waals surface area (Å²) in [5, 5.41) is 10.8. The molecule has 0 heterocycles. The third kappa shape index (κ3) is 4.03. The topological polar surface area (TPSA) is 74.2 Å². The van der Waals surface area contributed by atoms with E-state index < -0.39 is 18.0 Å². The number of hydrogen-bond acceptors (Lipinski definition) is 6. The first-order chi connectivity index (χ1) is 12.0. The van der Waals surface area contributed by atoms with Gasteiger partial charge in [0.2, 0.25) is 0 Å². The molecule has 6 nitrogen and oxygen atoms in total. The van der Waals surface area contributed by atoms with Gasteiger partial charge in [0.1, 0.15) is 11.7 Å². The molecule has 0 spiro atoms. The van der Waals surface area contributed by atoms with Crippen LogP contribution in [0.3, 0.4) is 0 Å². The molecule has 0 saturated carbocycles. The van der Waals surface area contributed by atoms with Gasteiger partial charge in [-0.2, -0.15) is 0 Å². The second kappa shape index (κ2) is 8.39. The maximum atomic E-state index is 12.3. The lowest BCUT2D eigenvalue weighted by Crippen LogP contribution is -2.22. The molecule has 0 aromatic heterocycles. The van der Waals surface area contributed by atoms with E-state index in [0.717, 1.165) is 0 Å². The lowest BCUT2D eigenvalue weighted by Gasteiger charge is -2.22. The number of aliphatic hydroxyl groups excluding tert-OH is 1. The minimum atomic E-state index is -1.09. The predicted octanol–water partition coefficient (Wildman–Crippen LogP) is 2.70. The first-order valence-corrected chi connectivity index (χ1v) is 7.67. The maximum absolute atomic E-state index is 12.3. The van der Waals surface area contributed by atoms with Crippen LogP contribution in [-0.4, -0.2) is 39.5 Å². The fourth-order valence-corrected chi connectivity index (χ4v) is 2.61. The van der Waals surface area contributed by atoms with Crippen molar-refractivity contribution in [3.05, 3.63) is 53.6 Å². The average molecular weight is 346 g/mol. The Morgan fingerprint density at radius 2 is 1.44 bits per heavy atom. The van der Waals surface area contributed by atoms with E-state index in [1.54, 1.807) is 49.6 Å². The fraction of sp³-hybridized carbons (Fsp3) is 0.316. The molecule has 2 aromatic carbocycles. The highest BCUT2D eigenvalue weighted by atomic mass is 16.5. The van der Waals surface area contributed by atoms with Crippen LogP contribution < -0.4 is 14.2 Å².